The third-order valence-electron chi connectivity index (χ3n) is 4.66. The summed E-state index contributed by atoms with van der Waals surface area (Å²) in [4.78, 5) is 15.0. The van der Waals surface area contributed by atoms with E-state index in [1.54, 1.807) is 0 Å². The van der Waals surface area contributed by atoms with Gasteiger partial charge in [-0.05, 0) is 18.1 Å². The van der Waals surface area contributed by atoms with Gasteiger partial charge in [0.15, 0.2) is 5.78 Å². The zero-order valence-electron chi connectivity index (χ0n) is 15.2. The van der Waals surface area contributed by atoms with E-state index in [4.69, 9.17) is 0 Å². The Kier molecular flexibility index (Phi) is 6.34. The van der Waals surface area contributed by atoms with Crippen LogP contribution in [0.3, 0.4) is 0 Å². The van der Waals surface area contributed by atoms with Crippen molar-refractivity contribution < 1.29 is 4.79 Å². The molecule has 3 rings (SSSR count). The monoisotopic (exact) mass is 343 g/mol. The summed E-state index contributed by atoms with van der Waals surface area (Å²) in [5.74, 6) is 0.198. The van der Waals surface area contributed by atoms with Crippen molar-refractivity contribution in [2.45, 2.75) is 32.5 Å². The third-order valence-corrected chi connectivity index (χ3v) is 4.66. The van der Waals surface area contributed by atoms with Crippen molar-refractivity contribution in [3.05, 3.63) is 108 Å². The van der Waals surface area contributed by atoms with Crippen molar-refractivity contribution in [1.29, 1.82) is 0 Å². The van der Waals surface area contributed by atoms with E-state index < -0.39 is 0 Å². The van der Waals surface area contributed by atoms with Crippen LogP contribution >= 0.6 is 0 Å². The van der Waals surface area contributed by atoms with Crippen molar-refractivity contribution in [3.63, 3.8) is 0 Å². The minimum atomic E-state index is 0.156. The number of hydrogen-bond acceptors (Lipinski definition) is 2. The van der Waals surface area contributed by atoms with Crippen LogP contribution < -0.4 is 0 Å². The molecule has 0 N–H and O–H groups in total. The van der Waals surface area contributed by atoms with Crippen LogP contribution in [-0.2, 0) is 13.1 Å². The van der Waals surface area contributed by atoms with Crippen molar-refractivity contribution in [3.8, 4) is 0 Å². The number of rotatable bonds is 8. The maximum absolute atomic E-state index is 12.6. The molecule has 0 spiro atoms. The fraction of sp³-hybridized carbons (Fsp3) is 0.208. The number of carbonyl (C=O) groups excluding carboxylic acids is 1. The summed E-state index contributed by atoms with van der Waals surface area (Å²) in [5, 5.41) is 0. The summed E-state index contributed by atoms with van der Waals surface area (Å²) in [6.07, 6.45) is 0.518. The number of carbonyl (C=O) groups is 1. The zero-order chi connectivity index (χ0) is 18.2. The Hall–Kier alpha value is -2.71. The minimum Gasteiger partial charge on any atom is -0.294 e. The van der Waals surface area contributed by atoms with Gasteiger partial charge in [-0.2, -0.15) is 0 Å². The molecule has 132 valence electrons. The lowest BCUT2D eigenvalue weighted by Crippen LogP contribution is -2.34. The van der Waals surface area contributed by atoms with E-state index in [2.05, 4.69) is 60.4 Å². The molecule has 0 bridgehead atoms. The molecule has 0 heterocycles. The molecule has 0 radical (unpaired) electrons. The predicted octanol–water partition coefficient (Wildman–Crippen LogP) is 5.35. The molecule has 0 saturated carbocycles. The molecule has 0 aliphatic heterocycles. The van der Waals surface area contributed by atoms with E-state index in [0.717, 1.165) is 18.7 Å². The Labute approximate surface area is 156 Å². The van der Waals surface area contributed by atoms with Gasteiger partial charge in [-0.1, -0.05) is 91.0 Å². The van der Waals surface area contributed by atoms with E-state index in [1.165, 1.54) is 11.1 Å². The van der Waals surface area contributed by atoms with Gasteiger partial charge in [-0.15, -0.1) is 0 Å². The van der Waals surface area contributed by atoms with Gasteiger partial charge in [0.1, 0.15) is 0 Å². The predicted molar refractivity (Wildman–Crippen MR) is 107 cm³/mol. The summed E-state index contributed by atoms with van der Waals surface area (Å²) in [6, 6.07) is 30.6. The molecule has 0 aliphatic carbocycles. The Morgan fingerprint density at radius 3 is 1.62 bits per heavy atom. The normalized spacial score (nSPS) is 12.1. The van der Waals surface area contributed by atoms with Crippen LogP contribution in [0.25, 0.3) is 0 Å². The Bertz CT molecular complexity index is 758. The second-order valence-electron chi connectivity index (χ2n) is 6.72. The molecule has 0 saturated heterocycles. The lowest BCUT2D eigenvalue weighted by molar-refractivity contribution is 0.0915. The number of benzene rings is 3. The highest BCUT2D eigenvalue weighted by Gasteiger charge is 2.19. The highest BCUT2D eigenvalue weighted by Crippen LogP contribution is 2.17. The maximum Gasteiger partial charge on any atom is 0.164 e. The second kappa shape index (κ2) is 9.12. The molecule has 1 unspecified atom stereocenters. The topological polar surface area (TPSA) is 20.3 Å². The van der Waals surface area contributed by atoms with Gasteiger partial charge in [0.25, 0.3) is 0 Å². The molecule has 2 nitrogen and oxygen atoms in total. The van der Waals surface area contributed by atoms with E-state index >= 15 is 0 Å². The fourth-order valence-corrected chi connectivity index (χ4v) is 3.14. The first-order chi connectivity index (χ1) is 12.7. The Morgan fingerprint density at radius 1 is 0.731 bits per heavy atom. The van der Waals surface area contributed by atoms with Crippen LogP contribution in [0.5, 0.6) is 0 Å². The highest BCUT2D eigenvalue weighted by atomic mass is 16.1. The van der Waals surface area contributed by atoms with Crippen LogP contribution in [-0.4, -0.2) is 16.7 Å². The number of hydrogen-bond donors (Lipinski definition) is 0. The Morgan fingerprint density at radius 2 is 1.15 bits per heavy atom. The molecule has 1 atom stereocenters. The fourth-order valence-electron chi connectivity index (χ4n) is 3.14. The van der Waals surface area contributed by atoms with Crippen molar-refractivity contribution in [2.75, 3.05) is 0 Å². The molecular weight excluding hydrogens is 318 g/mol. The van der Waals surface area contributed by atoms with Crippen molar-refractivity contribution in [1.82, 2.24) is 4.90 Å². The molecular formula is C24H25NO. The van der Waals surface area contributed by atoms with E-state index in [0.29, 0.717) is 6.42 Å². The van der Waals surface area contributed by atoms with Gasteiger partial charge in [-0.3, -0.25) is 9.69 Å². The van der Waals surface area contributed by atoms with E-state index in [9.17, 15) is 4.79 Å². The Balaban J connectivity index is 1.74. The van der Waals surface area contributed by atoms with Crippen LogP contribution in [0.2, 0.25) is 0 Å². The number of ketones is 1. The molecule has 0 fully saturated rings. The highest BCUT2D eigenvalue weighted by molar-refractivity contribution is 5.96. The second-order valence-corrected chi connectivity index (χ2v) is 6.72. The first-order valence-corrected chi connectivity index (χ1v) is 9.12. The summed E-state index contributed by atoms with van der Waals surface area (Å²) in [7, 11) is 0. The lowest BCUT2D eigenvalue weighted by atomic mass is 10.0. The summed E-state index contributed by atoms with van der Waals surface area (Å²) in [6.45, 7) is 3.81. The standard InChI is InChI=1S/C24H25NO/c1-20(17-24(26)23-15-9-4-10-16-23)25(18-21-11-5-2-6-12-21)19-22-13-7-3-8-14-22/h2-16,20H,17-19H2,1H3. The first kappa shape index (κ1) is 18.1. The molecule has 0 amide bonds. The van der Waals surface area contributed by atoms with Crippen LogP contribution in [0, 0.1) is 0 Å². The summed E-state index contributed by atoms with van der Waals surface area (Å²) in [5.41, 5.74) is 3.32. The van der Waals surface area contributed by atoms with Crippen LogP contribution in [0.4, 0.5) is 0 Å². The molecule has 3 aromatic rings. The van der Waals surface area contributed by atoms with Gasteiger partial charge in [0, 0.05) is 31.1 Å². The first-order valence-electron chi connectivity index (χ1n) is 9.12. The lowest BCUT2D eigenvalue weighted by Gasteiger charge is -2.29. The van der Waals surface area contributed by atoms with Crippen molar-refractivity contribution in [2.24, 2.45) is 0 Å². The SMILES string of the molecule is CC(CC(=O)c1ccccc1)N(Cc1ccccc1)Cc1ccccc1. The maximum atomic E-state index is 12.6. The van der Waals surface area contributed by atoms with Gasteiger partial charge in [0.05, 0.1) is 0 Å². The van der Waals surface area contributed by atoms with Crippen molar-refractivity contribution >= 4 is 5.78 Å². The quantitative estimate of drug-likeness (QED) is 0.514. The molecule has 2 heteroatoms. The average molecular weight is 343 g/mol. The van der Waals surface area contributed by atoms with Gasteiger partial charge in [0.2, 0.25) is 0 Å². The third kappa shape index (κ3) is 5.14. The van der Waals surface area contributed by atoms with Crippen LogP contribution in [0.1, 0.15) is 34.8 Å². The molecule has 3 aromatic carbocycles. The van der Waals surface area contributed by atoms with E-state index in [1.807, 2.05) is 42.5 Å². The largest absolute Gasteiger partial charge is 0.294 e. The van der Waals surface area contributed by atoms with Gasteiger partial charge >= 0.3 is 0 Å². The van der Waals surface area contributed by atoms with E-state index in [-0.39, 0.29) is 11.8 Å². The summed E-state index contributed by atoms with van der Waals surface area (Å²) < 4.78 is 0. The zero-order valence-corrected chi connectivity index (χ0v) is 15.2. The average Bonchev–Trinajstić information content (AvgIpc) is 2.69. The molecule has 26 heavy (non-hydrogen) atoms. The van der Waals surface area contributed by atoms with Gasteiger partial charge in [-0.25, -0.2) is 0 Å². The van der Waals surface area contributed by atoms with Crippen LogP contribution in [0.15, 0.2) is 91.0 Å². The molecule has 0 aromatic heterocycles. The molecule has 0 aliphatic rings. The number of nitrogens with zero attached hydrogens (tertiary/aromatic N) is 1. The van der Waals surface area contributed by atoms with Gasteiger partial charge < -0.3 is 0 Å². The minimum absolute atomic E-state index is 0.156. The number of Topliss-reactive ketones (excluding diaryl/α,β-unsaturated/α-hetero) is 1. The summed E-state index contributed by atoms with van der Waals surface area (Å²) >= 11 is 0. The smallest absolute Gasteiger partial charge is 0.164 e.